The molecule has 0 heterocycles. The van der Waals surface area contributed by atoms with Crippen molar-refractivity contribution in [3.63, 3.8) is 0 Å². The molecule has 128 valence electrons. The largest absolute Gasteiger partial charge is 0.473 e. The number of hydrogen-bond donors (Lipinski definition) is 1. The van der Waals surface area contributed by atoms with Crippen LogP contribution >= 0.6 is 7.82 Å². The first kappa shape index (κ1) is 17.6. The molecule has 5 heteroatoms. The van der Waals surface area contributed by atoms with Crippen LogP contribution in [0.3, 0.4) is 0 Å². The van der Waals surface area contributed by atoms with E-state index in [-0.39, 0.29) is 6.61 Å². The van der Waals surface area contributed by atoms with Gasteiger partial charge in [0.1, 0.15) is 6.10 Å². The molecule has 25 heavy (non-hydrogen) atoms. The zero-order valence-electron chi connectivity index (χ0n) is 13.6. The SMILES string of the molecule is O=P(O)(OCc1ccccc1)OC(c1ccccc1)c1ccccc1. The van der Waals surface area contributed by atoms with Crippen LogP contribution in [0.15, 0.2) is 91.0 Å². The predicted molar refractivity (Wildman–Crippen MR) is 96.9 cm³/mol. The van der Waals surface area contributed by atoms with E-state index in [1.54, 1.807) is 0 Å². The van der Waals surface area contributed by atoms with Gasteiger partial charge in [0.2, 0.25) is 0 Å². The summed E-state index contributed by atoms with van der Waals surface area (Å²) in [6.45, 7) is 0.00488. The van der Waals surface area contributed by atoms with E-state index in [9.17, 15) is 9.46 Å². The summed E-state index contributed by atoms with van der Waals surface area (Å²) in [5.41, 5.74) is 2.37. The minimum Gasteiger partial charge on any atom is -0.302 e. The first-order valence-electron chi connectivity index (χ1n) is 7.94. The second-order valence-corrected chi connectivity index (χ2v) is 6.94. The van der Waals surface area contributed by atoms with E-state index in [4.69, 9.17) is 9.05 Å². The second kappa shape index (κ2) is 8.24. The molecule has 3 aromatic carbocycles. The van der Waals surface area contributed by atoms with Crippen molar-refractivity contribution >= 4 is 7.82 Å². The van der Waals surface area contributed by atoms with Crippen LogP contribution in [0.1, 0.15) is 22.8 Å². The van der Waals surface area contributed by atoms with Crippen LogP contribution in [-0.4, -0.2) is 4.89 Å². The Bertz CT molecular complexity index is 783. The van der Waals surface area contributed by atoms with Gasteiger partial charge in [-0.15, -0.1) is 0 Å². The fourth-order valence-electron chi connectivity index (χ4n) is 2.46. The lowest BCUT2D eigenvalue weighted by Crippen LogP contribution is -2.06. The standard InChI is InChI=1S/C20H19O4P/c21-25(22,23-16-17-10-4-1-5-11-17)24-20(18-12-6-2-7-13-18)19-14-8-3-9-15-19/h1-15,20H,16H2,(H,21,22). The molecule has 1 N–H and O–H groups in total. The molecule has 0 amide bonds. The molecule has 0 saturated heterocycles. The van der Waals surface area contributed by atoms with Crippen LogP contribution in [0.4, 0.5) is 0 Å². The average molecular weight is 354 g/mol. The van der Waals surface area contributed by atoms with E-state index >= 15 is 0 Å². The Labute approximate surface area is 147 Å². The Balaban J connectivity index is 1.78. The van der Waals surface area contributed by atoms with E-state index in [1.807, 2.05) is 91.0 Å². The molecule has 0 aliphatic heterocycles. The van der Waals surface area contributed by atoms with Crippen molar-refractivity contribution in [3.05, 3.63) is 108 Å². The number of hydrogen-bond acceptors (Lipinski definition) is 3. The molecule has 4 nitrogen and oxygen atoms in total. The highest BCUT2D eigenvalue weighted by Crippen LogP contribution is 2.50. The van der Waals surface area contributed by atoms with Crippen molar-refractivity contribution in [1.29, 1.82) is 0 Å². The average Bonchev–Trinajstić information content (AvgIpc) is 2.67. The van der Waals surface area contributed by atoms with E-state index in [2.05, 4.69) is 0 Å². The van der Waals surface area contributed by atoms with Crippen LogP contribution in [0.5, 0.6) is 0 Å². The normalized spacial score (nSPS) is 13.5. The van der Waals surface area contributed by atoms with Gasteiger partial charge in [-0.3, -0.25) is 9.05 Å². The first-order chi connectivity index (χ1) is 12.1. The topological polar surface area (TPSA) is 55.8 Å². The molecule has 0 radical (unpaired) electrons. The summed E-state index contributed by atoms with van der Waals surface area (Å²) in [5, 5.41) is 0. The molecule has 0 fully saturated rings. The summed E-state index contributed by atoms with van der Waals surface area (Å²) < 4.78 is 23.2. The number of phosphoric ester groups is 1. The first-order valence-corrected chi connectivity index (χ1v) is 9.43. The van der Waals surface area contributed by atoms with E-state index < -0.39 is 13.9 Å². The third kappa shape index (κ3) is 5.12. The quantitative estimate of drug-likeness (QED) is 0.599. The number of benzene rings is 3. The van der Waals surface area contributed by atoms with E-state index in [1.165, 1.54) is 0 Å². The molecule has 3 aromatic rings. The maximum Gasteiger partial charge on any atom is 0.473 e. The second-order valence-electron chi connectivity index (χ2n) is 5.53. The molecule has 0 aliphatic carbocycles. The molecule has 3 rings (SSSR count). The maximum atomic E-state index is 12.5. The van der Waals surface area contributed by atoms with Gasteiger partial charge in [0.25, 0.3) is 0 Å². The van der Waals surface area contributed by atoms with Gasteiger partial charge in [-0.2, -0.15) is 0 Å². The van der Waals surface area contributed by atoms with Gasteiger partial charge < -0.3 is 4.89 Å². The third-order valence-corrected chi connectivity index (χ3v) is 4.61. The highest BCUT2D eigenvalue weighted by molar-refractivity contribution is 7.47. The highest BCUT2D eigenvalue weighted by Gasteiger charge is 2.28. The molecule has 0 aliphatic rings. The highest BCUT2D eigenvalue weighted by atomic mass is 31.2. The third-order valence-electron chi connectivity index (χ3n) is 3.68. The molecule has 1 atom stereocenters. The summed E-state index contributed by atoms with van der Waals surface area (Å²) >= 11 is 0. The van der Waals surface area contributed by atoms with Crippen LogP contribution in [0.25, 0.3) is 0 Å². The summed E-state index contributed by atoms with van der Waals surface area (Å²) in [4.78, 5) is 10.2. The summed E-state index contributed by atoms with van der Waals surface area (Å²) in [6.07, 6.45) is -0.686. The van der Waals surface area contributed by atoms with Gasteiger partial charge in [-0.05, 0) is 16.7 Å². The van der Waals surface area contributed by atoms with Gasteiger partial charge in [-0.25, -0.2) is 4.57 Å². The summed E-state index contributed by atoms with van der Waals surface area (Å²) in [6, 6.07) is 27.9. The van der Waals surface area contributed by atoms with Gasteiger partial charge in [0.15, 0.2) is 0 Å². The van der Waals surface area contributed by atoms with Crippen molar-refractivity contribution in [2.45, 2.75) is 12.7 Å². The van der Waals surface area contributed by atoms with Crippen molar-refractivity contribution < 1.29 is 18.5 Å². The Morgan fingerprint density at radius 3 is 1.68 bits per heavy atom. The van der Waals surface area contributed by atoms with E-state index in [0.717, 1.165) is 16.7 Å². The summed E-state index contributed by atoms with van der Waals surface area (Å²) in [5.74, 6) is 0. The van der Waals surface area contributed by atoms with Crippen molar-refractivity contribution in [2.24, 2.45) is 0 Å². The lowest BCUT2D eigenvalue weighted by Gasteiger charge is -2.21. The van der Waals surface area contributed by atoms with E-state index in [0.29, 0.717) is 0 Å². The zero-order valence-corrected chi connectivity index (χ0v) is 14.5. The monoisotopic (exact) mass is 354 g/mol. The Morgan fingerprint density at radius 1 is 0.760 bits per heavy atom. The van der Waals surface area contributed by atoms with Gasteiger partial charge >= 0.3 is 7.82 Å². The van der Waals surface area contributed by atoms with Crippen molar-refractivity contribution in [1.82, 2.24) is 0 Å². The lowest BCUT2D eigenvalue weighted by molar-refractivity contribution is 0.116. The van der Waals surface area contributed by atoms with Gasteiger partial charge in [0.05, 0.1) is 6.61 Å². The van der Waals surface area contributed by atoms with Crippen LogP contribution in [-0.2, 0) is 20.2 Å². The molecule has 0 spiro atoms. The van der Waals surface area contributed by atoms with Crippen LogP contribution in [0.2, 0.25) is 0 Å². The van der Waals surface area contributed by atoms with Crippen LogP contribution < -0.4 is 0 Å². The van der Waals surface area contributed by atoms with Gasteiger partial charge in [-0.1, -0.05) is 91.0 Å². The lowest BCUT2D eigenvalue weighted by atomic mass is 10.0. The molecule has 0 bridgehead atoms. The Kier molecular flexibility index (Phi) is 5.79. The number of phosphoric acid groups is 1. The molecule has 1 unspecified atom stereocenters. The zero-order chi connectivity index (χ0) is 17.5. The molecular weight excluding hydrogens is 335 g/mol. The van der Waals surface area contributed by atoms with Gasteiger partial charge in [0, 0.05) is 0 Å². The smallest absolute Gasteiger partial charge is 0.302 e. The fraction of sp³-hybridized carbons (Fsp3) is 0.100. The van der Waals surface area contributed by atoms with Crippen LogP contribution in [0, 0.1) is 0 Å². The predicted octanol–water partition coefficient (Wildman–Crippen LogP) is 5.11. The molecule has 0 aromatic heterocycles. The minimum absolute atomic E-state index is 0.00488. The molecular formula is C20H19O4P. The number of rotatable bonds is 7. The Hall–Kier alpha value is -2.23. The van der Waals surface area contributed by atoms with Crippen molar-refractivity contribution in [2.75, 3.05) is 0 Å². The summed E-state index contributed by atoms with van der Waals surface area (Å²) in [7, 11) is -4.25. The van der Waals surface area contributed by atoms with Crippen molar-refractivity contribution in [3.8, 4) is 0 Å². The molecule has 0 saturated carbocycles. The Morgan fingerprint density at radius 2 is 1.20 bits per heavy atom. The maximum absolute atomic E-state index is 12.5. The minimum atomic E-state index is -4.25. The fourth-order valence-corrected chi connectivity index (χ4v) is 3.35.